The fourth-order valence-corrected chi connectivity index (χ4v) is 11.8. The SMILES string of the molecule is CC/C=C\C/C=C\C/C=C\C/C=C\C/C=C\CCCC(=O)OCC(COP(=O)(O)OCC(O)COP(=O)(O)OCC(COC(=O)CCC/C=C\C/C=C\C/C=C\C/C=C\C/C=C\CC)OC(=O)CCCCCCCCCCCCCCCCC)OC(=O)CCCCCCC/C=C\C/C=C\CCCCC. The fourth-order valence-electron chi connectivity index (χ4n) is 10.3. The Hall–Kier alpha value is -5.06. The molecular formula is C85H142O17P2. The molecule has 0 aromatic heterocycles. The zero-order valence-corrected chi connectivity index (χ0v) is 66.7. The summed E-state index contributed by atoms with van der Waals surface area (Å²) >= 11 is 0. The summed E-state index contributed by atoms with van der Waals surface area (Å²) in [5.41, 5.74) is 0. The number of esters is 4. The standard InChI is InChI=1S/C85H142O17P2/c1-5-9-13-17-21-25-29-33-37-39-43-45-49-53-57-61-65-69-82(87)95-75-80(101-84(89)71-67-63-59-55-51-47-41-35-31-27-23-19-15-11-7-3)77-99-103(91,92)97-73-79(86)74-98-104(93,94)100-78-81(102-85(90)72-68-64-60-56-52-48-42-36-32-28-24-20-16-12-8-4)76-96-83(88)70-66-62-58-54-50-46-44-40-38-34-30-26-22-18-14-10-6-2/h9-10,13-14,21-23,25-27,33-35,37-38,41,43-46,53-54,57-58,79-81,86H,5-8,11-12,15-20,24,28-32,36,39-40,42,47-52,55-56,59-78H2,1-4H3,(H,91,92)(H,93,94)/b13-9-,14-10-,25-21-,26-22-,27-23-,37-33-,38-34-,41-35-,45-43-,46-44-,57-53-,58-54-. The van der Waals surface area contributed by atoms with E-state index in [9.17, 15) is 43.2 Å². The molecule has 0 saturated carbocycles. The second-order valence-electron chi connectivity index (χ2n) is 26.2. The van der Waals surface area contributed by atoms with Crippen LogP contribution in [-0.4, -0.2) is 96.7 Å². The molecule has 0 saturated heterocycles. The largest absolute Gasteiger partial charge is 0.472 e. The Morgan fingerprint density at radius 3 is 0.817 bits per heavy atom. The van der Waals surface area contributed by atoms with Crippen LogP contribution in [0.1, 0.15) is 310 Å². The van der Waals surface area contributed by atoms with Gasteiger partial charge in [0.2, 0.25) is 0 Å². The van der Waals surface area contributed by atoms with E-state index in [1.165, 1.54) is 83.5 Å². The molecule has 0 radical (unpaired) electrons. The average molecular weight is 1500 g/mol. The van der Waals surface area contributed by atoms with Gasteiger partial charge < -0.3 is 33.8 Å². The maximum atomic E-state index is 13.1. The number of phosphoric acid groups is 2. The van der Waals surface area contributed by atoms with Crippen molar-refractivity contribution >= 4 is 39.5 Å². The van der Waals surface area contributed by atoms with Crippen molar-refractivity contribution in [3.8, 4) is 0 Å². The number of hydrogen-bond acceptors (Lipinski definition) is 15. The van der Waals surface area contributed by atoms with E-state index in [0.717, 1.165) is 135 Å². The normalized spacial score (nSPS) is 14.6. The number of hydrogen-bond donors (Lipinski definition) is 3. The van der Waals surface area contributed by atoms with Crippen LogP contribution in [0.15, 0.2) is 146 Å². The van der Waals surface area contributed by atoms with E-state index in [-0.39, 0.29) is 25.7 Å². The van der Waals surface area contributed by atoms with Gasteiger partial charge in [-0.25, -0.2) is 9.13 Å². The molecule has 594 valence electrons. The van der Waals surface area contributed by atoms with Crippen LogP contribution in [0.2, 0.25) is 0 Å². The van der Waals surface area contributed by atoms with Crippen molar-refractivity contribution < 1.29 is 80.2 Å². The second-order valence-corrected chi connectivity index (χ2v) is 29.2. The van der Waals surface area contributed by atoms with E-state index in [0.29, 0.717) is 38.5 Å². The van der Waals surface area contributed by atoms with Crippen molar-refractivity contribution in [1.82, 2.24) is 0 Å². The molecular weight excluding hydrogens is 1350 g/mol. The summed E-state index contributed by atoms with van der Waals surface area (Å²) in [7, 11) is -10.00. The molecule has 104 heavy (non-hydrogen) atoms. The maximum Gasteiger partial charge on any atom is 0.472 e. The van der Waals surface area contributed by atoms with Gasteiger partial charge in [-0.05, 0) is 135 Å². The lowest BCUT2D eigenvalue weighted by Gasteiger charge is -2.21. The highest BCUT2D eigenvalue weighted by Crippen LogP contribution is 2.45. The predicted octanol–water partition coefficient (Wildman–Crippen LogP) is 23.4. The lowest BCUT2D eigenvalue weighted by Crippen LogP contribution is -2.30. The Kier molecular flexibility index (Phi) is 72.4. The molecule has 0 heterocycles. The molecule has 0 aliphatic heterocycles. The van der Waals surface area contributed by atoms with Crippen LogP contribution < -0.4 is 0 Å². The van der Waals surface area contributed by atoms with Gasteiger partial charge in [0.05, 0.1) is 26.4 Å². The smallest absolute Gasteiger partial charge is 0.462 e. The first-order valence-corrected chi connectivity index (χ1v) is 43.1. The molecule has 0 aliphatic rings. The van der Waals surface area contributed by atoms with Gasteiger partial charge >= 0.3 is 39.5 Å². The first-order valence-electron chi connectivity index (χ1n) is 40.1. The highest BCUT2D eigenvalue weighted by Gasteiger charge is 2.30. The molecule has 0 rings (SSSR count). The monoisotopic (exact) mass is 1500 g/mol. The molecule has 5 atom stereocenters. The van der Waals surface area contributed by atoms with E-state index in [1.807, 2.05) is 24.3 Å². The minimum Gasteiger partial charge on any atom is -0.462 e. The highest BCUT2D eigenvalue weighted by atomic mass is 31.2. The molecule has 5 unspecified atom stereocenters. The maximum absolute atomic E-state index is 13.1. The van der Waals surface area contributed by atoms with Gasteiger partial charge in [0, 0.05) is 25.7 Å². The fraction of sp³-hybridized carbons (Fsp3) is 0.671. The van der Waals surface area contributed by atoms with Gasteiger partial charge in [-0.15, -0.1) is 0 Å². The summed E-state index contributed by atoms with van der Waals surface area (Å²) < 4.78 is 68.5. The summed E-state index contributed by atoms with van der Waals surface area (Å²) in [5.74, 6) is -2.32. The summed E-state index contributed by atoms with van der Waals surface area (Å²) in [5, 5.41) is 10.6. The molecule has 3 N–H and O–H groups in total. The first kappa shape index (κ1) is 98.9. The molecule has 0 spiro atoms. The molecule has 0 fully saturated rings. The van der Waals surface area contributed by atoms with E-state index < -0.39 is 97.5 Å². The van der Waals surface area contributed by atoms with Crippen molar-refractivity contribution in [2.45, 2.75) is 329 Å². The summed E-state index contributed by atoms with van der Waals surface area (Å²) in [4.78, 5) is 73.0. The third-order valence-electron chi connectivity index (χ3n) is 16.3. The quantitative estimate of drug-likeness (QED) is 0.0169. The average Bonchev–Trinajstić information content (AvgIpc) is 0.937. The van der Waals surface area contributed by atoms with Gasteiger partial charge in [0.1, 0.15) is 19.3 Å². The zero-order chi connectivity index (χ0) is 76.0. The Morgan fingerprint density at radius 2 is 0.510 bits per heavy atom. The van der Waals surface area contributed by atoms with E-state index in [2.05, 4.69) is 149 Å². The Labute approximate surface area is 630 Å². The van der Waals surface area contributed by atoms with Crippen LogP contribution in [0.3, 0.4) is 0 Å². The number of ether oxygens (including phenoxy) is 4. The zero-order valence-electron chi connectivity index (χ0n) is 64.9. The number of aliphatic hydroxyl groups is 1. The van der Waals surface area contributed by atoms with Crippen molar-refractivity contribution in [3.63, 3.8) is 0 Å². The minimum absolute atomic E-state index is 0.0619. The number of unbranched alkanes of at least 4 members (excludes halogenated alkanes) is 24. The topological polar surface area (TPSA) is 237 Å². The summed E-state index contributed by atoms with van der Waals surface area (Å²) in [6, 6.07) is 0. The van der Waals surface area contributed by atoms with Crippen molar-refractivity contribution in [2.24, 2.45) is 0 Å². The number of phosphoric ester groups is 2. The van der Waals surface area contributed by atoms with Crippen LogP contribution in [0.5, 0.6) is 0 Å². The number of allylic oxidation sites excluding steroid dienone is 24. The summed E-state index contributed by atoms with van der Waals surface area (Å²) in [6.07, 6.45) is 87.0. The van der Waals surface area contributed by atoms with E-state index in [1.54, 1.807) is 0 Å². The van der Waals surface area contributed by atoms with Gasteiger partial charge in [-0.2, -0.15) is 0 Å². The first-order chi connectivity index (χ1) is 50.7. The van der Waals surface area contributed by atoms with E-state index in [4.69, 9.17) is 37.0 Å². The van der Waals surface area contributed by atoms with E-state index >= 15 is 0 Å². The summed E-state index contributed by atoms with van der Waals surface area (Å²) in [6.45, 7) is 4.49. The number of carbonyl (C=O) groups excluding carboxylic acids is 4. The van der Waals surface area contributed by atoms with Crippen molar-refractivity contribution in [3.05, 3.63) is 146 Å². The minimum atomic E-state index is -5.00. The van der Waals surface area contributed by atoms with Crippen LogP contribution in [0.4, 0.5) is 0 Å². The predicted molar refractivity (Wildman–Crippen MR) is 427 cm³/mol. The molecule has 0 amide bonds. The molecule has 17 nitrogen and oxygen atoms in total. The Bertz CT molecular complexity index is 2540. The lowest BCUT2D eigenvalue weighted by atomic mass is 10.0. The number of rotatable bonds is 74. The Morgan fingerprint density at radius 1 is 0.279 bits per heavy atom. The van der Waals surface area contributed by atoms with Gasteiger partial charge in [-0.3, -0.25) is 37.3 Å². The molecule has 0 aromatic carbocycles. The Balaban J connectivity index is 5.47. The van der Waals surface area contributed by atoms with Gasteiger partial charge in [0.15, 0.2) is 12.2 Å². The highest BCUT2D eigenvalue weighted by molar-refractivity contribution is 7.47. The van der Waals surface area contributed by atoms with Crippen LogP contribution in [0, 0.1) is 0 Å². The lowest BCUT2D eigenvalue weighted by molar-refractivity contribution is -0.161. The second kappa shape index (κ2) is 76.1. The third-order valence-corrected chi connectivity index (χ3v) is 18.2. The van der Waals surface area contributed by atoms with Gasteiger partial charge in [0.25, 0.3) is 0 Å². The molecule has 19 heteroatoms. The molecule has 0 aromatic rings. The van der Waals surface area contributed by atoms with Crippen molar-refractivity contribution in [2.75, 3.05) is 39.6 Å². The van der Waals surface area contributed by atoms with Crippen LogP contribution in [0.25, 0.3) is 0 Å². The number of carbonyl (C=O) groups is 4. The number of aliphatic hydroxyl groups excluding tert-OH is 1. The van der Waals surface area contributed by atoms with Crippen LogP contribution >= 0.6 is 15.6 Å². The van der Waals surface area contributed by atoms with Crippen LogP contribution in [-0.2, 0) is 65.4 Å². The molecule has 0 aliphatic carbocycles. The van der Waals surface area contributed by atoms with Crippen molar-refractivity contribution in [1.29, 1.82) is 0 Å². The van der Waals surface area contributed by atoms with Gasteiger partial charge in [-0.1, -0.05) is 296 Å². The third kappa shape index (κ3) is 75.2. The molecule has 0 bridgehead atoms.